The number of allylic oxidation sites excluding steroid dienone is 2. The molecule has 5 nitrogen and oxygen atoms in total. The van der Waals surface area contributed by atoms with E-state index in [1.54, 1.807) is 0 Å². The van der Waals surface area contributed by atoms with E-state index in [-0.39, 0.29) is 18.1 Å². The molecule has 134 valence electrons. The summed E-state index contributed by atoms with van der Waals surface area (Å²) < 4.78 is 11.0. The van der Waals surface area contributed by atoms with Crippen molar-refractivity contribution in [3.63, 3.8) is 0 Å². The summed E-state index contributed by atoms with van der Waals surface area (Å²) in [7, 11) is -1.05. The maximum Gasteiger partial charge on any atom is 0.326 e. The van der Waals surface area contributed by atoms with Crippen LogP contribution in [0.4, 0.5) is 0 Å². The molecule has 0 fully saturated rings. The molecule has 0 aliphatic rings. The summed E-state index contributed by atoms with van der Waals surface area (Å²) >= 11 is 0. The first-order valence-electron chi connectivity index (χ1n) is 8.44. The fourth-order valence-corrected chi connectivity index (χ4v) is 2.68. The van der Waals surface area contributed by atoms with E-state index >= 15 is 0 Å². The molecule has 0 bridgehead atoms. The van der Waals surface area contributed by atoms with Crippen LogP contribution in [0.5, 0.6) is 0 Å². The van der Waals surface area contributed by atoms with Crippen molar-refractivity contribution in [3.8, 4) is 0 Å². The van der Waals surface area contributed by atoms with Gasteiger partial charge in [0.05, 0.1) is 0 Å². The third kappa shape index (κ3) is 14.2. The molecular weight excluding hydrogens is 314 g/mol. The number of unbranched alkanes of at least 4 members (excludes halogenated alkanes) is 5. The Kier molecular flexibility index (Phi) is 13.7. The summed E-state index contributed by atoms with van der Waals surface area (Å²) in [6.07, 6.45) is 13.9. The quantitative estimate of drug-likeness (QED) is 0.374. The Morgan fingerprint density at radius 1 is 1.13 bits per heavy atom. The van der Waals surface area contributed by atoms with E-state index in [1.807, 2.05) is 0 Å². The predicted octanol–water partition coefficient (Wildman–Crippen LogP) is 3.02. The van der Waals surface area contributed by atoms with Gasteiger partial charge in [-0.1, -0.05) is 38.3 Å². The largest absolute Gasteiger partial charge is 0.480 e. The lowest BCUT2D eigenvalue weighted by atomic mass is 10.1. The van der Waals surface area contributed by atoms with Crippen LogP contribution in [-0.2, 0) is 20.4 Å². The molecule has 23 heavy (non-hydrogen) atoms. The highest BCUT2D eigenvalue weighted by molar-refractivity contribution is 7.84. The van der Waals surface area contributed by atoms with Crippen molar-refractivity contribution in [2.75, 3.05) is 12.0 Å². The highest BCUT2D eigenvalue weighted by Crippen LogP contribution is 2.05. The van der Waals surface area contributed by atoms with Gasteiger partial charge in [0.2, 0.25) is 5.91 Å². The first-order chi connectivity index (χ1) is 11.0. The van der Waals surface area contributed by atoms with Gasteiger partial charge in [-0.25, -0.2) is 4.79 Å². The van der Waals surface area contributed by atoms with Crippen LogP contribution in [0.25, 0.3) is 0 Å². The zero-order chi connectivity index (χ0) is 17.5. The summed E-state index contributed by atoms with van der Waals surface area (Å²) in [5.74, 6) is -1.05. The second kappa shape index (κ2) is 14.4. The molecule has 0 aromatic rings. The highest BCUT2D eigenvalue weighted by atomic mass is 32.2. The van der Waals surface area contributed by atoms with Crippen molar-refractivity contribution in [3.05, 3.63) is 12.2 Å². The Bertz CT molecular complexity index is 396. The zero-order valence-corrected chi connectivity index (χ0v) is 15.2. The molecule has 0 heterocycles. The van der Waals surface area contributed by atoms with Crippen LogP contribution in [0.2, 0.25) is 0 Å². The number of aliphatic carboxylic acids is 1. The van der Waals surface area contributed by atoms with Crippen molar-refractivity contribution in [2.24, 2.45) is 0 Å². The van der Waals surface area contributed by atoms with Gasteiger partial charge >= 0.3 is 5.97 Å². The Morgan fingerprint density at radius 2 is 1.78 bits per heavy atom. The standard InChI is InChI=1S/C17H31NO4S/c1-3-4-5-6-7-8-9-10-11-12-16(19)18-15(17(20)21)13-14-23(2)22/h8-9,15H,3-7,10-14H2,1-2H3,(H,18,19)(H,20,21)/b9-8-/t15-,23?/m0/s1. The van der Waals surface area contributed by atoms with Crippen LogP contribution in [0.1, 0.15) is 64.7 Å². The average molecular weight is 346 g/mol. The van der Waals surface area contributed by atoms with Crippen LogP contribution in [0.3, 0.4) is 0 Å². The van der Waals surface area contributed by atoms with Crippen LogP contribution in [0.15, 0.2) is 12.2 Å². The molecular formula is C17H31NO4S. The van der Waals surface area contributed by atoms with E-state index in [2.05, 4.69) is 24.4 Å². The van der Waals surface area contributed by atoms with E-state index in [0.29, 0.717) is 12.8 Å². The molecule has 0 spiro atoms. The number of carboxylic acids is 1. The lowest BCUT2D eigenvalue weighted by Gasteiger charge is -2.13. The number of amides is 1. The van der Waals surface area contributed by atoms with E-state index in [0.717, 1.165) is 12.8 Å². The van der Waals surface area contributed by atoms with Crippen LogP contribution < -0.4 is 5.32 Å². The SMILES string of the molecule is CCCCCC/C=C\CCCC(=O)N[C@@H](CCS(C)=O)C(=O)O. The molecule has 2 atom stereocenters. The van der Waals surface area contributed by atoms with E-state index in [1.165, 1.54) is 31.9 Å². The van der Waals surface area contributed by atoms with Crippen molar-refractivity contribution < 1.29 is 18.9 Å². The minimum absolute atomic E-state index is 0.196. The van der Waals surface area contributed by atoms with Gasteiger partial charge in [-0.15, -0.1) is 0 Å². The number of nitrogens with one attached hydrogen (secondary N) is 1. The highest BCUT2D eigenvalue weighted by Gasteiger charge is 2.19. The molecule has 0 aliphatic carbocycles. The van der Waals surface area contributed by atoms with E-state index in [9.17, 15) is 13.8 Å². The summed E-state index contributed by atoms with van der Waals surface area (Å²) in [6, 6.07) is -0.944. The molecule has 0 aliphatic heterocycles. The summed E-state index contributed by atoms with van der Waals surface area (Å²) in [4.78, 5) is 22.8. The number of carbonyl (C=O) groups excluding carboxylic acids is 1. The minimum atomic E-state index is -1.07. The number of hydrogen-bond donors (Lipinski definition) is 2. The number of hydrogen-bond acceptors (Lipinski definition) is 3. The van der Waals surface area contributed by atoms with Gasteiger partial charge in [0, 0.05) is 29.2 Å². The third-order valence-corrected chi connectivity index (χ3v) is 4.30. The molecule has 0 aromatic heterocycles. The van der Waals surface area contributed by atoms with Gasteiger partial charge in [0.15, 0.2) is 0 Å². The van der Waals surface area contributed by atoms with Gasteiger partial charge < -0.3 is 10.4 Å². The number of rotatable bonds is 14. The van der Waals surface area contributed by atoms with Crippen molar-refractivity contribution >= 4 is 22.7 Å². The van der Waals surface area contributed by atoms with Crippen LogP contribution in [-0.4, -0.2) is 39.2 Å². The van der Waals surface area contributed by atoms with Gasteiger partial charge in [-0.3, -0.25) is 9.00 Å². The van der Waals surface area contributed by atoms with Crippen molar-refractivity contribution in [2.45, 2.75) is 70.8 Å². The van der Waals surface area contributed by atoms with Gasteiger partial charge in [0.1, 0.15) is 6.04 Å². The van der Waals surface area contributed by atoms with Gasteiger partial charge in [0.25, 0.3) is 0 Å². The average Bonchev–Trinajstić information content (AvgIpc) is 2.49. The molecule has 1 unspecified atom stereocenters. The fraction of sp³-hybridized carbons (Fsp3) is 0.765. The summed E-state index contributed by atoms with van der Waals surface area (Å²) in [5, 5.41) is 11.5. The smallest absolute Gasteiger partial charge is 0.326 e. The molecule has 0 saturated heterocycles. The Morgan fingerprint density at radius 3 is 2.35 bits per heavy atom. The third-order valence-electron chi connectivity index (χ3n) is 3.49. The summed E-state index contributed by atoms with van der Waals surface area (Å²) in [6.45, 7) is 2.19. The summed E-state index contributed by atoms with van der Waals surface area (Å²) in [5.41, 5.74) is 0. The second-order valence-electron chi connectivity index (χ2n) is 5.74. The van der Waals surface area contributed by atoms with Crippen molar-refractivity contribution in [1.82, 2.24) is 5.32 Å². The van der Waals surface area contributed by atoms with Crippen molar-refractivity contribution in [1.29, 1.82) is 0 Å². The van der Waals surface area contributed by atoms with E-state index < -0.39 is 22.8 Å². The fourth-order valence-electron chi connectivity index (χ4n) is 2.11. The number of carbonyl (C=O) groups is 2. The van der Waals surface area contributed by atoms with Crippen LogP contribution >= 0.6 is 0 Å². The molecule has 0 radical (unpaired) electrons. The maximum atomic E-state index is 11.7. The lowest BCUT2D eigenvalue weighted by Crippen LogP contribution is -2.41. The molecule has 2 N–H and O–H groups in total. The molecule has 0 aromatic carbocycles. The zero-order valence-electron chi connectivity index (χ0n) is 14.4. The number of carboxylic acid groups (broad SMARTS) is 1. The maximum absolute atomic E-state index is 11.7. The second-order valence-corrected chi connectivity index (χ2v) is 7.29. The molecule has 1 amide bonds. The Balaban J connectivity index is 3.80. The lowest BCUT2D eigenvalue weighted by molar-refractivity contribution is -0.141. The molecule has 0 saturated carbocycles. The molecule has 6 heteroatoms. The Hall–Kier alpha value is -1.17. The molecule has 0 rings (SSSR count). The van der Waals surface area contributed by atoms with Gasteiger partial charge in [-0.2, -0.15) is 0 Å². The first-order valence-corrected chi connectivity index (χ1v) is 10.2. The first kappa shape index (κ1) is 21.8. The van der Waals surface area contributed by atoms with Crippen LogP contribution in [0, 0.1) is 0 Å². The minimum Gasteiger partial charge on any atom is -0.480 e. The topological polar surface area (TPSA) is 83.5 Å². The Labute approximate surface area is 142 Å². The monoisotopic (exact) mass is 345 g/mol. The normalized spacial score (nSPS) is 13.8. The predicted molar refractivity (Wildman–Crippen MR) is 94.9 cm³/mol. The van der Waals surface area contributed by atoms with E-state index in [4.69, 9.17) is 5.11 Å². The van der Waals surface area contributed by atoms with Gasteiger partial charge in [-0.05, 0) is 32.1 Å².